The van der Waals surface area contributed by atoms with Gasteiger partial charge in [-0.3, -0.25) is 19.8 Å². The van der Waals surface area contributed by atoms with Crippen molar-refractivity contribution in [3.63, 3.8) is 0 Å². The molecular formula is C19H14N2O5S. The van der Waals surface area contributed by atoms with Crippen LogP contribution < -0.4 is 5.32 Å². The number of nitrogens with one attached hydrogen (secondary N) is 1. The molecule has 1 aliphatic heterocycles. The van der Waals surface area contributed by atoms with E-state index in [0.29, 0.717) is 11.3 Å². The van der Waals surface area contributed by atoms with E-state index in [1.54, 1.807) is 24.3 Å². The van der Waals surface area contributed by atoms with Crippen molar-refractivity contribution in [3.8, 4) is 11.3 Å². The number of carboxylic acids is 1. The van der Waals surface area contributed by atoms with Crippen molar-refractivity contribution in [1.29, 1.82) is 0 Å². The molecule has 0 radical (unpaired) electrons. The van der Waals surface area contributed by atoms with Gasteiger partial charge in [0.1, 0.15) is 17.1 Å². The minimum absolute atomic E-state index is 0.0210. The number of aromatic carboxylic acids is 1. The Balaban J connectivity index is 1.92. The van der Waals surface area contributed by atoms with E-state index >= 15 is 0 Å². The average molecular weight is 382 g/mol. The summed E-state index contributed by atoms with van der Waals surface area (Å²) in [5.74, 6) is -1.53. The van der Waals surface area contributed by atoms with Crippen LogP contribution in [0.2, 0.25) is 0 Å². The van der Waals surface area contributed by atoms with E-state index in [9.17, 15) is 14.4 Å². The van der Waals surface area contributed by atoms with Crippen molar-refractivity contribution in [2.24, 2.45) is 0 Å². The van der Waals surface area contributed by atoms with Crippen molar-refractivity contribution < 1.29 is 23.9 Å². The van der Waals surface area contributed by atoms with Crippen molar-refractivity contribution in [2.75, 3.05) is 6.54 Å². The first-order valence-electron chi connectivity index (χ1n) is 7.84. The van der Waals surface area contributed by atoms with E-state index in [2.05, 4.69) is 11.9 Å². The Morgan fingerprint density at radius 1 is 1.30 bits per heavy atom. The van der Waals surface area contributed by atoms with Crippen molar-refractivity contribution in [1.82, 2.24) is 10.2 Å². The largest absolute Gasteiger partial charge is 0.478 e. The molecule has 1 aliphatic rings. The van der Waals surface area contributed by atoms with Gasteiger partial charge < -0.3 is 9.52 Å². The first kappa shape index (κ1) is 18.3. The lowest BCUT2D eigenvalue weighted by atomic mass is 10.1. The highest BCUT2D eigenvalue weighted by Gasteiger charge is 2.32. The first-order chi connectivity index (χ1) is 12.9. The van der Waals surface area contributed by atoms with Gasteiger partial charge in [0, 0.05) is 12.1 Å². The molecule has 0 saturated carbocycles. The topological polar surface area (TPSA) is 99.8 Å². The lowest BCUT2D eigenvalue weighted by molar-refractivity contribution is -0.128. The molecular weight excluding hydrogens is 368 g/mol. The van der Waals surface area contributed by atoms with Crippen LogP contribution in [0.5, 0.6) is 0 Å². The second-order valence-electron chi connectivity index (χ2n) is 5.61. The number of hydrogen-bond donors (Lipinski definition) is 2. The summed E-state index contributed by atoms with van der Waals surface area (Å²) in [7, 11) is 0. The van der Waals surface area contributed by atoms with Gasteiger partial charge in [0.05, 0.1) is 5.56 Å². The fourth-order valence-electron chi connectivity index (χ4n) is 2.52. The van der Waals surface area contributed by atoms with E-state index in [-0.39, 0.29) is 28.6 Å². The Hall–Kier alpha value is -3.52. The maximum absolute atomic E-state index is 12.5. The Labute approximate surface area is 159 Å². The third kappa shape index (κ3) is 3.70. The van der Waals surface area contributed by atoms with E-state index in [4.69, 9.17) is 21.7 Å². The molecule has 2 N–H and O–H groups in total. The predicted molar refractivity (Wildman–Crippen MR) is 102 cm³/mol. The number of benzene rings is 1. The van der Waals surface area contributed by atoms with E-state index in [1.807, 2.05) is 0 Å². The number of carbonyl (C=O) groups excluding carboxylic acids is 2. The van der Waals surface area contributed by atoms with Crippen LogP contribution >= 0.6 is 12.2 Å². The van der Waals surface area contributed by atoms with Crippen LogP contribution in [0.4, 0.5) is 0 Å². The fourth-order valence-corrected chi connectivity index (χ4v) is 2.77. The number of carbonyl (C=O) groups is 3. The molecule has 2 amide bonds. The highest BCUT2D eigenvalue weighted by atomic mass is 32.1. The summed E-state index contributed by atoms with van der Waals surface area (Å²) in [4.78, 5) is 36.9. The standard InChI is InChI=1S/C19H14N2O5S/c1-2-8-21-17(23)14(16(22)20-19(21)27)10-13-6-7-15(26-13)11-4-3-5-12(9-11)18(24)25/h2-7,9-10H,1,8H2,(H,24,25)(H,20,22,27)/b14-10-. The lowest BCUT2D eigenvalue weighted by Gasteiger charge is -2.27. The Morgan fingerprint density at radius 3 is 2.78 bits per heavy atom. The zero-order chi connectivity index (χ0) is 19.6. The minimum atomic E-state index is -1.05. The summed E-state index contributed by atoms with van der Waals surface area (Å²) in [6.07, 6.45) is 2.82. The molecule has 1 fully saturated rings. The fraction of sp³-hybridized carbons (Fsp3) is 0.0526. The van der Waals surface area contributed by atoms with E-state index < -0.39 is 17.8 Å². The van der Waals surface area contributed by atoms with Crippen molar-refractivity contribution in [2.45, 2.75) is 0 Å². The third-order valence-electron chi connectivity index (χ3n) is 3.80. The SMILES string of the molecule is C=CCN1C(=O)/C(=C\c2ccc(-c3cccc(C(=O)O)c3)o2)C(=O)NC1=S. The number of carboxylic acid groups (broad SMARTS) is 1. The Bertz CT molecular complexity index is 1010. The second kappa shape index (κ2) is 7.38. The summed E-state index contributed by atoms with van der Waals surface area (Å²) in [5, 5.41) is 11.6. The summed E-state index contributed by atoms with van der Waals surface area (Å²) < 4.78 is 5.65. The molecule has 1 aromatic carbocycles. The smallest absolute Gasteiger partial charge is 0.335 e. The van der Waals surface area contributed by atoms with Crippen LogP contribution in [0.15, 0.2) is 59.0 Å². The Kier molecular flexibility index (Phi) is 5.00. The summed E-state index contributed by atoms with van der Waals surface area (Å²) in [6, 6.07) is 9.46. The third-order valence-corrected chi connectivity index (χ3v) is 4.13. The number of hydrogen-bond acceptors (Lipinski definition) is 5. The molecule has 0 unspecified atom stereocenters. The van der Waals surface area contributed by atoms with Crippen molar-refractivity contribution >= 4 is 41.2 Å². The number of nitrogens with zero attached hydrogens (tertiary/aromatic N) is 1. The molecule has 2 aromatic rings. The molecule has 0 spiro atoms. The van der Waals surface area contributed by atoms with Gasteiger partial charge in [-0.05, 0) is 42.6 Å². The van der Waals surface area contributed by atoms with Gasteiger partial charge in [-0.25, -0.2) is 4.79 Å². The molecule has 1 aromatic heterocycles. The van der Waals surface area contributed by atoms with Crippen LogP contribution in [0.25, 0.3) is 17.4 Å². The minimum Gasteiger partial charge on any atom is -0.478 e. The van der Waals surface area contributed by atoms with Gasteiger partial charge in [-0.2, -0.15) is 0 Å². The van der Waals surface area contributed by atoms with Crippen LogP contribution in [0.3, 0.4) is 0 Å². The van der Waals surface area contributed by atoms with Crippen molar-refractivity contribution in [3.05, 3.63) is 65.9 Å². The van der Waals surface area contributed by atoms with Gasteiger partial charge in [-0.1, -0.05) is 18.2 Å². The van der Waals surface area contributed by atoms with Gasteiger partial charge >= 0.3 is 5.97 Å². The van der Waals surface area contributed by atoms with Crippen LogP contribution in [-0.2, 0) is 9.59 Å². The molecule has 3 rings (SSSR count). The molecule has 1 saturated heterocycles. The average Bonchev–Trinajstić information content (AvgIpc) is 3.11. The molecule has 0 aliphatic carbocycles. The van der Waals surface area contributed by atoms with E-state index in [0.717, 1.165) is 0 Å². The Morgan fingerprint density at radius 2 is 2.07 bits per heavy atom. The maximum atomic E-state index is 12.5. The highest BCUT2D eigenvalue weighted by molar-refractivity contribution is 7.80. The quantitative estimate of drug-likeness (QED) is 0.357. The van der Waals surface area contributed by atoms with Crippen LogP contribution in [0, 0.1) is 0 Å². The van der Waals surface area contributed by atoms with Crippen LogP contribution in [-0.4, -0.2) is 39.4 Å². The molecule has 0 atom stereocenters. The van der Waals surface area contributed by atoms with Gasteiger partial charge in [0.15, 0.2) is 5.11 Å². The number of furan rings is 1. The first-order valence-corrected chi connectivity index (χ1v) is 8.25. The van der Waals surface area contributed by atoms with Gasteiger partial charge in [0.25, 0.3) is 11.8 Å². The highest BCUT2D eigenvalue weighted by Crippen LogP contribution is 2.25. The zero-order valence-electron chi connectivity index (χ0n) is 14.0. The lowest BCUT2D eigenvalue weighted by Crippen LogP contribution is -2.53. The zero-order valence-corrected chi connectivity index (χ0v) is 14.8. The molecule has 27 heavy (non-hydrogen) atoms. The summed E-state index contributed by atoms with van der Waals surface area (Å²) in [6.45, 7) is 3.73. The molecule has 0 bridgehead atoms. The molecule has 136 valence electrons. The number of amides is 2. The summed E-state index contributed by atoms with van der Waals surface area (Å²) >= 11 is 4.99. The predicted octanol–water partition coefficient (Wildman–Crippen LogP) is 2.46. The normalized spacial score (nSPS) is 15.8. The number of rotatable bonds is 5. The molecule has 7 nitrogen and oxygen atoms in total. The maximum Gasteiger partial charge on any atom is 0.335 e. The van der Waals surface area contributed by atoms with Gasteiger partial charge in [0.2, 0.25) is 0 Å². The van der Waals surface area contributed by atoms with Crippen LogP contribution in [0.1, 0.15) is 16.1 Å². The molecule has 8 heteroatoms. The second-order valence-corrected chi connectivity index (χ2v) is 6.00. The molecule has 2 heterocycles. The van der Waals surface area contributed by atoms with E-state index in [1.165, 1.54) is 29.2 Å². The van der Waals surface area contributed by atoms with Gasteiger partial charge in [-0.15, -0.1) is 6.58 Å². The number of thiocarbonyl (C=S) groups is 1. The monoisotopic (exact) mass is 382 g/mol. The summed E-state index contributed by atoms with van der Waals surface area (Å²) in [5.41, 5.74) is 0.568.